The van der Waals surface area contributed by atoms with Crippen LogP contribution in [0.5, 0.6) is 17.2 Å². The number of benzene rings is 3. The molecule has 3 aromatic carbocycles. The molecule has 0 saturated carbocycles. The summed E-state index contributed by atoms with van der Waals surface area (Å²) < 4.78 is 18.5. The van der Waals surface area contributed by atoms with Gasteiger partial charge < -0.3 is 19.5 Å². The van der Waals surface area contributed by atoms with Gasteiger partial charge in [-0.2, -0.15) is 5.10 Å². The maximum absolute atomic E-state index is 13.0. The van der Waals surface area contributed by atoms with Crippen molar-refractivity contribution in [3.8, 4) is 34.2 Å². The number of aromatic nitrogens is 2. The number of nitrogens with one attached hydrogen (secondary N) is 1. The van der Waals surface area contributed by atoms with E-state index in [9.17, 15) is 4.79 Å². The maximum Gasteiger partial charge on any atom is 0.226 e. The Bertz CT molecular complexity index is 1360. The van der Waals surface area contributed by atoms with Crippen LogP contribution < -0.4 is 19.5 Å². The van der Waals surface area contributed by atoms with Crippen molar-refractivity contribution in [2.45, 2.75) is 12.3 Å². The summed E-state index contributed by atoms with van der Waals surface area (Å²) in [5.74, 6) is 1.79. The molecule has 7 nitrogen and oxygen atoms in total. The van der Waals surface area contributed by atoms with Gasteiger partial charge in [-0.3, -0.25) is 4.79 Å². The van der Waals surface area contributed by atoms with Crippen molar-refractivity contribution < 1.29 is 19.0 Å². The van der Waals surface area contributed by atoms with Crippen LogP contribution in [0, 0.1) is 0 Å². The Balaban J connectivity index is 1.77. The van der Waals surface area contributed by atoms with Crippen molar-refractivity contribution in [2.24, 2.45) is 0 Å². The van der Waals surface area contributed by atoms with E-state index in [4.69, 9.17) is 30.9 Å². The Morgan fingerprint density at radius 3 is 2.20 bits per heavy atom. The van der Waals surface area contributed by atoms with Crippen LogP contribution in [0.25, 0.3) is 16.9 Å². The van der Waals surface area contributed by atoms with Gasteiger partial charge in [-0.05, 0) is 42.0 Å². The predicted molar refractivity (Wildman–Crippen MR) is 135 cm³/mol. The van der Waals surface area contributed by atoms with Crippen LogP contribution >= 0.6 is 11.6 Å². The number of carbonyl (C=O) groups is 1. The summed E-state index contributed by atoms with van der Waals surface area (Å²) in [5, 5.41) is 8.66. The molecule has 0 radical (unpaired) electrons. The normalized spacial score (nSPS) is 14.7. The van der Waals surface area contributed by atoms with E-state index in [1.165, 1.54) is 0 Å². The Kier molecular flexibility index (Phi) is 6.09. The quantitative estimate of drug-likeness (QED) is 0.376. The zero-order valence-electron chi connectivity index (χ0n) is 19.5. The zero-order valence-corrected chi connectivity index (χ0v) is 20.3. The van der Waals surface area contributed by atoms with E-state index < -0.39 is 0 Å². The smallest absolute Gasteiger partial charge is 0.226 e. The van der Waals surface area contributed by atoms with Gasteiger partial charge in [-0.15, -0.1) is 0 Å². The first-order valence-corrected chi connectivity index (χ1v) is 11.5. The molecule has 1 N–H and O–H groups in total. The number of para-hydroxylation sites is 1. The van der Waals surface area contributed by atoms with Gasteiger partial charge in [0.1, 0.15) is 5.82 Å². The Labute approximate surface area is 208 Å². The molecule has 35 heavy (non-hydrogen) atoms. The van der Waals surface area contributed by atoms with Crippen LogP contribution in [0.2, 0.25) is 5.02 Å². The van der Waals surface area contributed by atoms with Crippen LogP contribution in [0.1, 0.15) is 23.5 Å². The minimum absolute atomic E-state index is 0.101. The number of hydrogen-bond acceptors (Lipinski definition) is 5. The fourth-order valence-electron chi connectivity index (χ4n) is 4.52. The van der Waals surface area contributed by atoms with E-state index in [1.54, 1.807) is 26.0 Å². The van der Waals surface area contributed by atoms with Gasteiger partial charge in [-0.25, -0.2) is 4.68 Å². The second kappa shape index (κ2) is 9.35. The lowest BCUT2D eigenvalue weighted by Crippen LogP contribution is -2.25. The van der Waals surface area contributed by atoms with Gasteiger partial charge >= 0.3 is 0 Å². The zero-order chi connectivity index (χ0) is 24.5. The Hall–Kier alpha value is -3.97. The van der Waals surface area contributed by atoms with E-state index in [-0.39, 0.29) is 18.2 Å². The van der Waals surface area contributed by atoms with Gasteiger partial charge in [0.2, 0.25) is 11.7 Å². The third-order valence-corrected chi connectivity index (χ3v) is 6.38. The molecule has 5 rings (SSSR count). The summed E-state index contributed by atoms with van der Waals surface area (Å²) in [7, 11) is 4.72. The summed E-state index contributed by atoms with van der Waals surface area (Å²) in [6, 6.07) is 21.0. The molecule has 1 aromatic heterocycles. The molecule has 2 heterocycles. The number of carbonyl (C=O) groups excluding carboxylic acids is 1. The van der Waals surface area contributed by atoms with Crippen molar-refractivity contribution in [1.29, 1.82) is 0 Å². The third-order valence-electron chi connectivity index (χ3n) is 6.13. The number of hydrogen-bond donors (Lipinski definition) is 1. The molecule has 0 spiro atoms. The molecule has 0 saturated heterocycles. The molecule has 0 fully saturated rings. The van der Waals surface area contributed by atoms with E-state index in [0.717, 1.165) is 28.1 Å². The van der Waals surface area contributed by atoms with Gasteiger partial charge in [-0.1, -0.05) is 41.9 Å². The van der Waals surface area contributed by atoms with Gasteiger partial charge in [0.15, 0.2) is 11.5 Å². The molecular weight excluding hydrogens is 466 g/mol. The van der Waals surface area contributed by atoms with E-state index >= 15 is 0 Å². The molecule has 8 heteroatoms. The Morgan fingerprint density at radius 2 is 1.60 bits per heavy atom. The van der Waals surface area contributed by atoms with Gasteiger partial charge in [0.25, 0.3) is 0 Å². The van der Waals surface area contributed by atoms with E-state index in [2.05, 4.69) is 5.32 Å². The molecule has 1 aliphatic heterocycles. The number of nitrogens with zero attached hydrogens (tertiary/aromatic N) is 2. The number of ether oxygens (including phenoxy) is 3. The molecule has 0 aliphatic carbocycles. The first-order chi connectivity index (χ1) is 17.0. The van der Waals surface area contributed by atoms with Crippen LogP contribution in [-0.4, -0.2) is 37.0 Å². The predicted octanol–water partition coefficient (Wildman–Crippen LogP) is 5.69. The number of amides is 1. The highest BCUT2D eigenvalue weighted by Crippen LogP contribution is 2.47. The molecular formula is C27H24ClN3O4. The highest BCUT2D eigenvalue weighted by atomic mass is 35.5. The van der Waals surface area contributed by atoms with Crippen LogP contribution in [0.3, 0.4) is 0 Å². The summed E-state index contributed by atoms with van der Waals surface area (Å²) in [6.07, 6.45) is 0.243. The lowest BCUT2D eigenvalue weighted by molar-refractivity contribution is -0.116. The van der Waals surface area contributed by atoms with E-state index in [0.29, 0.717) is 28.1 Å². The number of anilines is 1. The number of fused-ring (bicyclic) bond motifs is 1. The minimum atomic E-state index is -0.296. The standard InChI is InChI=1S/C27H24ClN3O4/c1-33-21-13-17(14-22(34-2)26(21)35-3)20-15-23(32)29-27-24(20)25(16-9-11-18(28)12-10-16)30-31(27)19-7-5-4-6-8-19/h4-14,20H,15H2,1-3H3,(H,29,32). The minimum Gasteiger partial charge on any atom is -0.493 e. The molecule has 4 aromatic rings. The second-order valence-electron chi connectivity index (χ2n) is 8.13. The van der Waals surface area contributed by atoms with Crippen LogP contribution in [-0.2, 0) is 4.79 Å². The topological polar surface area (TPSA) is 74.6 Å². The van der Waals surface area contributed by atoms with E-state index in [1.807, 2.05) is 66.7 Å². The summed E-state index contributed by atoms with van der Waals surface area (Å²) >= 11 is 6.16. The number of methoxy groups -OCH3 is 3. The van der Waals surface area contributed by atoms with Crippen LogP contribution in [0.4, 0.5) is 5.82 Å². The van der Waals surface area contributed by atoms with Gasteiger partial charge in [0.05, 0.1) is 32.7 Å². The molecule has 0 bridgehead atoms. The molecule has 1 unspecified atom stereocenters. The van der Waals surface area contributed by atoms with Gasteiger partial charge in [0, 0.05) is 28.5 Å². The molecule has 1 aliphatic rings. The largest absolute Gasteiger partial charge is 0.493 e. The van der Waals surface area contributed by atoms with Crippen molar-refractivity contribution in [3.05, 3.63) is 82.9 Å². The average Bonchev–Trinajstić information content (AvgIpc) is 3.27. The monoisotopic (exact) mass is 489 g/mol. The number of rotatable bonds is 6. The van der Waals surface area contributed by atoms with Crippen molar-refractivity contribution >= 4 is 23.3 Å². The molecule has 1 atom stereocenters. The van der Waals surface area contributed by atoms with Crippen molar-refractivity contribution in [2.75, 3.05) is 26.6 Å². The molecule has 178 valence electrons. The second-order valence-corrected chi connectivity index (χ2v) is 8.57. The highest BCUT2D eigenvalue weighted by Gasteiger charge is 2.35. The lowest BCUT2D eigenvalue weighted by Gasteiger charge is -2.26. The Morgan fingerprint density at radius 1 is 0.943 bits per heavy atom. The summed E-state index contributed by atoms with van der Waals surface area (Å²) in [4.78, 5) is 13.0. The lowest BCUT2D eigenvalue weighted by atomic mass is 9.84. The fraction of sp³-hybridized carbons (Fsp3) is 0.185. The summed E-state index contributed by atoms with van der Waals surface area (Å²) in [6.45, 7) is 0. The maximum atomic E-state index is 13.0. The fourth-order valence-corrected chi connectivity index (χ4v) is 4.64. The number of halogens is 1. The SMILES string of the molecule is COc1cc(C2CC(=O)Nc3c2c(-c2ccc(Cl)cc2)nn3-c2ccccc2)cc(OC)c1OC. The average molecular weight is 490 g/mol. The first kappa shape index (κ1) is 22.8. The van der Waals surface area contributed by atoms with Crippen molar-refractivity contribution in [3.63, 3.8) is 0 Å². The first-order valence-electron chi connectivity index (χ1n) is 11.1. The highest BCUT2D eigenvalue weighted by molar-refractivity contribution is 6.30. The van der Waals surface area contributed by atoms with Crippen molar-refractivity contribution in [1.82, 2.24) is 9.78 Å². The summed E-state index contributed by atoms with van der Waals surface area (Å²) in [5.41, 5.74) is 4.27. The molecule has 1 amide bonds. The third kappa shape index (κ3) is 4.08. The van der Waals surface area contributed by atoms with Crippen LogP contribution in [0.15, 0.2) is 66.7 Å².